The third kappa shape index (κ3) is 7.63. The monoisotopic (exact) mass is 399 g/mol. The van der Waals surface area contributed by atoms with Crippen LogP contribution in [-0.4, -0.2) is 70.7 Å². The van der Waals surface area contributed by atoms with Crippen LogP contribution < -0.4 is 9.64 Å². The lowest BCUT2D eigenvalue weighted by atomic mass is 10.3. The Morgan fingerprint density at radius 2 is 1.89 bits per heavy atom. The summed E-state index contributed by atoms with van der Waals surface area (Å²) in [7, 11) is 0. The van der Waals surface area contributed by atoms with E-state index in [0.29, 0.717) is 35.3 Å². The number of amides is 1. The number of aliphatic carboxylic acids is 2. The zero-order chi connectivity index (χ0) is 20.4. The summed E-state index contributed by atoms with van der Waals surface area (Å²) in [5, 5.41) is 16.1. The summed E-state index contributed by atoms with van der Waals surface area (Å²) in [5.41, 5.74) is 0.663. The molecule has 1 aliphatic rings. The van der Waals surface area contributed by atoms with Crippen molar-refractivity contribution in [2.45, 2.75) is 13.8 Å². The molecule has 27 heavy (non-hydrogen) atoms. The third-order valence-corrected chi connectivity index (χ3v) is 3.83. The van der Waals surface area contributed by atoms with E-state index in [-0.39, 0.29) is 12.5 Å². The zero-order valence-electron chi connectivity index (χ0n) is 15.1. The molecule has 148 valence electrons. The summed E-state index contributed by atoms with van der Waals surface area (Å²) >= 11 is 5.94. The Bertz CT molecular complexity index is 690. The SMILES string of the molecule is CCN(CC)CCN1C(=O)COc2ncc(Cl)cc21.O=C(O)/C=C/C(=O)O. The maximum Gasteiger partial charge on any atom is 0.328 e. The normalized spacial score (nSPS) is 13.0. The molecular weight excluding hydrogens is 378 g/mol. The topological polar surface area (TPSA) is 120 Å². The first-order chi connectivity index (χ1) is 12.8. The number of ether oxygens (including phenoxy) is 1. The van der Waals surface area contributed by atoms with Gasteiger partial charge < -0.3 is 24.7 Å². The molecular formula is C17H22ClN3O6. The van der Waals surface area contributed by atoms with Gasteiger partial charge in [0.25, 0.3) is 5.91 Å². The number of fused-ring (bicyclic) bond motifs is 1. The van der Waals surface area contributed by atoms with Crippen molar-refractivity contribution in [3.63, 3.8) is 0 Å². The summed E-state index contributed by atoms with van der Waals surface area (Å²) in [4.78, 5) is 39.2. The van der Waals surface area contributed by atoms with Crippen LogP contribution in [0.2, 0.25) is 5.02 Å². The van der Waals surface area contributed by atoms with Crippen LogP contribution in [0.15, 0.2) is 24.4 Å². The van der Waals surface area contributed by atoms with Crippen molar-refractivity contribution in [2.24, 2.45) is 0 Å². The van der Waals surface area contributed by atoms with E-state index in [4.69, 9.17) is 26.6 Å². The number of carbonyl (C=O) groups is 3. The third-order valence-electron chi connectivity index (χ3n) is 3.63. The van der Waals surface area contributed by atoms with Gasteiger partial charge in [0.1, 0.15) is 5.69 Å². The number of anilines is 1. The maximum atomic E-state index is 12.0. The van der Waals surface area contributed by atoms with Crippen molar-refractivity contribution in [2.75, 3.05) is 37.7 Å². The van der Waals surface area contributed by atoms with Gasteiger partial charge in [-0.2, -0.15) is 0 Å². The van der Waals surface area contributed by atoms with E-state index in [1.165, 1.54) is 6.20 Å². The summed E-state index contributed by atoms with van der Waals surface area (Å²) in [5.74, 6) is -2.09. The van der Waals surface area contributed by atoms with Crippen LogP contribution in [0.4, 0.5) is 5.69 Å². The molecule has 0 aromatic carbocycles. The molecule has 2 heterocycles. The van der Waals surface area contributed by atoms with Crippen LogP contribution in [0, 0.1) is 0 Å². The fourth-order valence-corrected chi connectivity index (χ4v) is 2.38. The number of carboxylic acids is 2. The Morgan fingerprint density at radius 1 is 1.30 bits per heavy atom. The smallest absolute Gasteiger partial charge is 0.328 e. The first-order valence-electron chi connectivity index (χ1n) is 8.23. The first-order valence-corrected chi connectivity index (χ1v) is 8.61. The molecule has 0 aliphatic carbocycles. The van der Waals surface area contributed by atoms with Crippen molar-refractivity contribution in [1.82, 2.24) is 9.88 Å². The molecule has 1 amide bonds. The molecule has 9 nitrogen and oxygen atoms in total. The predicted molar refractivity (Wildman–Crippen MR) is 99.3 cm³/mol. The lowest BCUT2D eigenvalue weighted by Gasteiger charge is -2.30. The van der Waals surface area contributed by atoms with Crippen LogP contribution >= 0.6 is 11.6 Å². The van der Waals surface area contributed by atoms with Gasteiger partial charge in [0.2, 0.25) is 5.88 Å². The van der Waals surface area contributed by atoms with Crippen molar-refractivity contribution in [3.05, 3.63) is 29.4 Å². The van der Waals surface area contributed by atoms with Crippen LogP contribution in [0.1, 0.15) is 13.8 Å². The van der Waals surface area contributed by atoms with E-state index in [9.17, 15) is 14.4 Å². The van der Waals surface area contributed by atoms with Crippen molar-refractivity contribution < 1.29 is 29.3 Å². The average molecular weight is 400 g/mol. The Balaban J connectivity index is 0.000000387. The molecule has 1 aromatic heterocycles. The van der Waals surface area contributed by atoms with Crippen LogP contribution in [0.5, 0.6) is 5.88 Å². The molecule has 0 fully saturated rings. The van der Waals surface area contributed by atoms with Gasteiger partial charge in [-0.15, -0.1) is 0 Å². The zero-order valence-corrected chi connectivity index (χ0v) is 15.8. The molecule has 1 aliphatic heterocycles. The second kappa shape index (κ2) is 11.1. The number of rotatable bonds is 7. The van der Waals surface area contributed by atoms with Gasteiger partial charge in [-0.3, -0.25) is 4.79 Å². The lowest BCUT2D eigenvalue weighted by molar-refractivity contribution is -0.134. The number of halogens is 1. The van der Waals surface area contributed by atoms with Gasteiger partial charge >= 0.3 is 11.9 Å². The highest BCUT2D eigenvalue weighted by atomic mass is 35.5. The minimum atomic E-state index is -1.26. The predicted octanol–water partition coefficient (Wildman–Crippen LogP) is 1.51. The Kier molecular flexibility index (Phi) is 9.24. The van der Waals surface area contributed by atoms with Gasteiger partial charge in [0, 0.05) is 31.4 Å². The van der Waals surface area contributed by atoms with Gasteiger partial charge in [0.15, 0.2) is 6.61 Å². The van der Waals surface area contributed by atoms with E-state index >= 15 is 0 Å². The quantitative estimate of drug-likeness (QED) is 0.662. The number of hydrogen-bond donors (Lipinski definition) is 2. The van der Waals surface area contributed by atoms with Gasteiger partial charge in [0.05, 0.1) is 5.02 Å². The number of carbonyl (C=O) groups excluding carboxylic acids is 1. The number of hydrogen-bond acceptors (Lipinski definition) is 6. The first kappa shape index (κ1) is 22.4. The van der Waals surface area contributed by atoms with Gasteiger partial charge in [-0.25, -0.2) is 14.6 Å². The van der Waals surface area contributed by atoms with Crippen LogP contribution in [0.3, 0.4) is 0 Å². The highest BCUT2D eigenvalue weighted by Crippen LogP contribution is 2.31. The second-order valence-electron chi connectivity index (χ2n) is 5.35. The van der Waals surface area contributed by atoms with Crippen molar-refractivity contribution in [3.8, 4) is 5.88 Å². The van der Waals surface area contributed by atoms with Crippen LogP contribution in [0.25, 0.3) is 0 Å². The molecule has 1 aromatic rings. The van der Waals surface area contributed by atoms with E-state index < -0.39 is 11.9 Å². The number of carboxylic acid groups (broad SMARTS) is 2. The Hall–Kier alpha value is -2.65. The Morgan fingerprint density at radius 3 is 2.41 bits per heavy atom. The van der Waals surface area contributed by atoms with Crippen LogP contribution in [-0.2, 0) is 14.4 Å². The number of pyridine rings is 1. The molecule has 10 heteroatoms. The highest BCUT2D eigenvalue weighted by molar-refractivity contribution is 6.30. The summed E-state index contributed by atoms with van der Waals surface area (Å²) in [6.07, 6.45) is 2.64. The molecule has 2 rings (SSSR count). The fraction of sp³-hybridized carbons (Fsp3) is 0.412. The molecule has 2 N–H and O–H groups in total. The van der Waals surface area contributed by atoms with Gasteiger partial charge in [-0.1, -0.05) is 25.4 Å². The lowest BCUT2D eigenvalue weighted by Crippen LogP contribution is -2.43. The van der Waals surface area contributed by atoms with E-state index in [2.05, 4.69) is 23.7 Å². The highest BCUT2D eigenvalue weighted by Gasteiger charge is 2.26. The standard InChI is InChI=1S/C13H18ClN3O2.C4H4O4/c1-3-16(4-2)5-6-17-11-7-10(14)8-15-13(11)19-9-12(17)18;5-3(6)1-2-4(7)8/h7-8H,3-6,9H2,1-2H3;1-2H,(H,5,6)(H,7,8)/b;2-1+. The molecule has 0 unspecified atom stereocenters. The van der Waals surface area contributed by atoms with E-state index in [1.54, 1.807) is 11.0 Å². The van der Waals surface area contributed by atoms with Crippen molar-refractivity contribution >= 4 is 35.1 Å². The summed E-state index contributed by atoms with van der Waals surface area (Å²) in [6, 6.07) is 1.73. The molecule has 0 saturated carbocycles. The largest absolute Gasteiger partial charge is 0.478 e. The van der Waals surface area contributed by atoms with E-state index in [1.807, 2.05) is 0 Å². The van der Waals surface area contributed by atoms with Gasteiger partial charge in [-0.05, 0) is 19.2 Å². The minimum Gasteiger partial charge on any atom is -0.478 e. The Labute approximate surface area is 161 Å². The number of likely N-dealkylation sites (N-methyl/N-ethyl adjacent to an activating group) is 1. The molecule has 0 spiro atoms. The van der Waals surface area contributed by atoms with E-state index in [0.717, 1.165) is 19.6 Å². The maximum absolute atomic E-state index is 12.0. The summed E-state index contributed by atoms with van der Waals surface area (Å²) < 4.78 is 5.31. The molecule has 0 saturated heterocycles. The minimum absolute atomic E-state index is 0.0415. The second-order valence-corrected chi connectivity index (χ2v) is 5.78. The number of nitrogens with zero attached hydrogens (tertiary/aromatic N) is 3. The fourth-order valence-electron chi connectivity index (χ4n) is 2.23. The molecule has 0 radical (unpaired) electrons. The summed E-state index contributed by atoms with van der Waals surface area (Å²) in [6.45, 7) is 7.64. The average Bonchev–Trinajstić information content (AvgIpc) is 2.63. The molecule has 0 atom stereocenters. The molecule has 0 bridgehead atoms. The number of aromatic nitrogens is 1. The van der Waals surface area contributed by atoms with Crippen molar-refractivity contribution in [1.29, 1.82) is 0 Å².